The summed E-state index contributed by atoms with van der Waals surface area (Å²) in [5.74, 6) is -1.36. The van der Waals surface area contributed by atoms with Gasteiger partial charge in [0.05, 0.1) is 5.71 Å². The average Bonchev–Trinajstić information content (AvgIpc) is 2.58. The van der Waals surface area contributed by atoms with E-state index in [1.165, 1.54) is 0 Å². The lowest BCUT2D eigenvalue weighted by atomic mass is 9.80. The van der Waals surface area contributed by atoms with E-state index >= 15 is 0 Å². The zero-order valence-electron chi connectivity index (χ0n) is 15.5. The Morgan fingerprint density at radius 1 is 1.26 bits per heavy atom. The van der Waals surface area contributed by atoms with Crippen LogP contribution in [-0.2, 0) is 14.4 Å². The maximum absolute atomic E-state index is 12.5. The third kappa shape index (κ3) is 6.06. The van der Waals surface area contributed by atoms with Crippen molar-refractivity contribution in [1.29, 1.82) is 0 Å². The smallest absolute Gasteiger partial charge is 0.319 e. The van der Waals surface area contributed by atoms with Crippen LogP contribution in [0, 0.1) is 5.92 Å². The number of rotatable bonds is 7. The largest absolute Gasteiger partial charge is 0.396 e. The van der Waals surface area contributed by atoms with Gasteiger partial charge in [0.15, 0.2) is 11.6 Å². The third-order valence-electron chi connectivity index (χ3n) is 4.11. The summed E-state index contributed by atoms with van der Waals surface area (Å²) >= 11 is 5.88. The Kier molecular flexibility index (Phi) is 7.79. The number of Topliss-reactive ketones (excluding diaryl/α,β-unsaturated/α-hetero) is 2. The number of carbonyl (C=O) groups excluding carboxylic acids is 3. The maximum atomic E-state index is 12.5. The molecule has 27 heavy (non-hydrogen) atoms. The summed E-state index contributed by atoms with van der Waals surface area (Å²) in [6.07, 6.45) is 1.44. The lowest BCUT2D eigenvalue weighted by Gasteiger charge is -2.27. The summed E-state index contributed by atoms with van der Waals surface area (Å²) < 4.78 is 0. The predicted octanol–water partition coefficient (Wildman–Crippen LogP) is 3.57. The molecule has 2 rings (SSSR count). The molecular formula is C19H24ClN3O4. The lowest BCUT2D eigenvalue weighted by Crippen LogP contribution is -2.48. The Labute approximate surface area is 163 Å². The summed E-state index contributed by atoms with van der Waals surface area (Å²) in [5, 5.41) is 9.78. The molecule has 0 aromatic heterocycles. The van der Waals surface area contributed by atoms with Crippen LogP contribution in [0.3, 0.4) is 0 Å². The molecule has 1 saturated carbocycles. The van der Waals surface area contributed by atoms with Crippen molar-refractivity contribution in [2.75, 3.05) is 11.9 Å². The van der Waals surface area contributed by atoms with E-state index in [0.29, 0.717) is 29.4 Å². The number of benzene rings is 1. The molecule has 0 spiro atoms. The summed E-state index contributed by atoms with van der Waals surface area (Å²) in [4.78, 5) is 42.3. The molecule has 0 radical (unpaired) electrons. The Hall–Kier alpha value is -2.41. The molecule has 1 aromatic carbocycles. The number of hydrogen-bond donors (Lipinski definition) is 2. The molecule has 0 heterocycles. The van der Waals surface area contributed by atoms with Gasteiger partial charge in [-0.25, -0.2) is 4.79 Å². The minimum Gasteiger partial charge on any atom is -0.396 e. The molecule has 7 nitrogen and oxygen atoms in total. The van der Waals surface area contributed by atoms with E-state index in [4.69, 9.17) is 16.4 Å². The fraction of sp³-hybridized carbons (Fsp3) is 0.474. The first-order valence-electron chi connectivity index (χ1n) is 9.01. The van der Waals surface area contributed by atoms with Crippen LogP contribution in [0.1, 0.15) is 39.5 Å². The van der Waals surface area contributed by atoms with Crippen molar-refractivity contribution >= 4 is 40.6 Å². The summed E-state index contributed by atoms with van der Waals surface area (Å²) in [6, 6.07) is 5.67. The standard InChI is InChI=1S/C19H24ClN3O4/c1-3-6-15(23-27-4-2)18-16(24)10-14(11-17(18)25)22-19(26)21-13-8-5-7-12(20)9-13/h5,7-9,14,18H,3-4,6,10-11H2,1-2H3,(H2,21,22,26)/b23-15+. The highest BCUT2D eigenvalue weighted by Crippen LogP contribution is 2.22. The van der Waals surface area contributed by atoms with Gasteiger partial charge in [-0.15, -0.1) is 0 Å². The van der Waals surface area contributed by atoms with Gasteiger partial charge in [0.2, 0.25) is 0 Å². The van der Waals surface area contributed by atoms with Crippen molar-refractivity contribution in [3.63, 3.8) is 0 Å². The number of nitrogens with one attached hydrogen (secondary N) is 2. The Morgan fingerprint density at radius 3 is 2.56 bits per heavy atom. The van der Waals surface area contributed by atoms with Crippen molar-refractivity contribution in [2.24, 2.45) is 11.1 Å². The molecule has 1 aliphatic rings. The third-order valence-corrected chi connectivity index (χ3v) is 4.34. The van der Waals surface area contributed by atoms with E-state index in [1.54, 1.807) is 31.2 Å². The van der Waals surface area contributed by atoms with Gasteiger partial charge in [-0.2, -0.15) is 0 Å². The first kappa shape index (κ1) is 20.9. The summed E-state index contributed by atoms with van der Waals surface area (Å²) in [6.45, 7) is 4.11. The van der Waals surface area contributed by atoms with E-state index < -0.39 is 18.0 Å². The van der Waals surface area contributed by atoms with Crippen LogP contribution in [0.15, 0.2) is 29.4 Å². The number of nitrogens with zero attached hydrogens (tertiary/aromatic N) is 1. The van der Waals surface area contributed by atoms with Crippen LogP contribution in [0.2, 0.25) is 5.02 Å². The van der Waals surface area contributed by atoms with E-state index in [9.17, 15) is 14.4 Å². The molecule has 0 unspecified atom stereocenters. The van der Waals surface area contributed by atoms with Gasteiger partial charge in [-0.3, -0.25) is 9.59 Å². The SMILES string of the molecule is CCC/C(=N\OCC)C1C(=O)CC(NC(=O)Nc2cccc(Cl)c2)CC1=O. The average molecular weight is 394 g/mol. The van der Waals surface area contributed by atoms with Crippen molar-refractivity contribution in [2.45, 2.75) is 45.6 Å². The number of amides is 2. The molecule has 2 N–H and O–H groups in total. The highest BCUT2D eigenvalue weighted by molar-refractivity contribution is 6.30. The van der Waals surface area contributed by atoms with Crippen LogP contribution >= 0.6 is 11.6 Å². The number of urea groups is 1. The van der Waals surface area contributed by atoms with E-state index in [2.05, 4.69) is 15.8 Å². The quantitative estimate of drug-likeness (QED) is 0.420. The second kappa shape index (κ2) is 10.1. The second-order valence-corrected chi connectivity index (χ2v) is 6.77. The Morgan fingerprint density at radius 2 is 1.96 bits per heavy atom. The van der Waals surface area contributed by atoms with Crippen LogP contribution in [0.25, 0.3) is 0 Å². The first-order valence-corrected chi connectivity index (χ1v) is 9.39. The number of halogens is 1. The van der Waals surface area contributed by atoms with Crippen LogP contribution in [0.5, 0.6) is 0 Å². The highest BCUT2D eigenvalue weighted by Gasteiger charge is 2.39. The molecule has 1 fully saturated rings. The summed E-state index contributed by atoms with van der Waals surface area (Å²) in [5.41, 5.74) is 0.997. The maximum Gasteiger partial charge on any atom is 0.319 e. The van der Waals surface area contributed by atoms with Crippen LogP contribution < -0.4 is 10.6 Å². The fourth-order valence-corrected chi connectivity index (χ4v) is 3.20. The monoisotopic (exact) mass is 393 g/mol. The molecule has 0 saturated heterocycles. The van der Waals surface area contributed by atoms with Gasteiger partial charge < -0.3 is 15.5 Å². The normalized spacial score (nSPS) is 20.3. The van der Waals surface area contributed by atoms with Gasteiger partial charge in [-0.1, -0.05) is 36.2 Å². The van der Waals surface area contributed by atoms with Gasteiger partial charge in [-0.05, 0) is 31.5 Å². The van der Waals surface area contributed by atoms with Gasteiger partial charge in [0.25, 0.3) is 0 Å². The molecule has 1 aliphatic carbocycles. The molecule has 146 valence electrons. The van der Waals surface area contributed by atoms with Gasteiger partial charge in [0, 0.05) is 29.6 Å². The molecular weight excluding hydrogens is 370 g/mol. The van der Waals surface area contributed by atoms with E-state index in [-0.39, 0.29) is 24.4 Å². The van der Waals surface area contributed by atoms with Gasteiger partial charge in [0.1, 0.15) is 12.5 Å². The zero-order valence-corrected chi connectivity index (χ0v) is 16.2. The minimum atomic E-state index is -0.870. The van der Waals surface area contributed by atoms with Crippen molar-refractivity contribution < 1.29 is 19.2 Å². The van der Waals surface area contributed by atoms with E-state index in [0.717, 1.165) is 6.42 Å². The number of hydrogen-bond acceptors (Lipinski definition) is 5. The lowest BCUT2D eigenvalue weighted by molar-refractivity contribution is -0.133. The number of anilines is 1. The highest BCUT2D eigenvalue weighted by atomic mass is 35.5. The van der Waals surface area contributed by atoms with Gasteiger partial charge >= 0.3 is 6.03 Å². The number of carbonyl (C=O) groups is 3. The topological polar surface area (TPSA) is 96.9 Å². The first-order chi connectivity index (χ1) is 12.9. The van der Waals surface area contributed by atoms with Crippen molar-refractivity contribution in [3.05, 3.63) is 29.3 Å². The molecule has 1 aromatic rings. The Balaban J connectivity index is 1.98. The Bertz CT molecular complexity index is 717. The predicted molar refractivity (Wildman–Crippen MR) is 104 cm³/mol. The second-order valence-electron chi connectivity index (χ2n) is 6.33. The minimum absolute atomic E-state index is 0.0776. The molecule has 2 amide bonds. The zero-order chi connectivity index (χ0) is 19.8. The van der Waals surface area contributed by atoms with Crippen molar-refractivity contribution in [3.8, 4) is 0 Å². The number of ketones is 2. The number of oxime groups is 1. The molecule has 0 atom stereocenters. The van der Waals surface area contributed by atoms with Crippen molar-refractivity contribution in [1.82, 2.24) is 5.32 Å². The van der Waals surface area contributed by atoms with Crippen LogP contribution in [0.4, 0.5) is 10.5 Å². The molecule has 0 aliphatic heterocycles. The van der Waals surface area contributed by atoms with Crippen LogP contribution in [-0.4, -0.2) is 36.0 Å². The molecule has 8 heteroatoms. The fourth-order valence-electron chi connectivity index (χ4n) is 3.01. The molecule has 0 bridgehead atoms. The van der Waals surface area contributed by atoms with E-state index in [1.807, 2.05) is 6.92 Å². The summed E-state index contributed by atoms with van der Waals surface area (Å²) in [7, 11) is 0.